The van der Waals surface area contributed by atoms with Crippen LogP contribution in [0.2, 0.25) is 0 Å². The lowest BCUT2D eigenvalue weighted by Crippen LogP contribution is -2.64. The van der Waals surface area contributed by atoms with E-state index in [2.05, 4.69) is 5.32 Å². The van der Waals surface area contributed by atoms with E-state index in [0.717, 1.165) is 21.9 Å². The summed E-state index contributed by atoms with van der Waals surface area (Å²) in [5.74, 6) is -2.25. The minimum atomic E-state index is -1.50. The zero-order valence-electron chi connectivity index (χ0n) is 27.4. The second kappa shape index (κ2) is 10.3. The van der Waals surface area contributed by atoms with Crippen LogP contribution in [-0.4, -0.2) is 28.5 Å². The van der Waals surface area contributed by atoms with Gasteiger partial charge in [-0.15, -0.1) is 0 Å². The molecule has 0 aromatic heterocycles. The third kappa shape index (κ3) is 3.42. The van der Waals surface area contributed by atoms with E-state index in [4.69, 9.17) is 0 Å². The molecule has 6 aromatic rings. The Morgan fingerprint density at radius 1 is 0.608 bits per heavy atom. The number of hydrogen-bond donors (Lipinski definition) is 1. The summed E-state index contributed by atoms with van der Waals surface area (Å²) >= 11 is 0. The molecular weight excluding hydrogens is 633 g/mol. The summed E-state index contributed by atoms with van der Waals surface area (Å²) in [6, 6.07) is 45.6. The highest BCUT2D eigenvalue weighted by molar-refractivity contribution is 6.22. The van der Waals surface area contributed by atoms with Crippen LogP contribution in [0.15, 0.2) is 158 Å². The van der Waals surface area contributed by atoms with Gasteiger partial charge in [0.15, 0.2) is 0 Å². The van der Waals surface area contributed by atoms with Crippen molar-refractivity contribution in [2.75, 3.05) is 0 Å². The van der Waals surface area contributed by atoms with Gasteiger partial charge in [0, 0.05) is 11.5 Å². The van der Waals surface area contributed by atoms with Gasteiger partial charge in [0.2, 0.25) is 17.7 Å². The Balaban J connectivity index is 1.32. The van der Waals surface area contributed by atoms with Crippen LogP contribution in [0.5, 0.6) is 0 Å². The number of hydrogen-bond acceptors (Lipinski definition) is 4. The molecule has 244 valence electrons. The Morgan fingerprint density at radius 2 is 1.20 bits per heavy atom. The van der Waals surface area contributed by atoms with E-state index in [1.807, 2.05) is 152 Å². The summed E-state index contributed by atoms with van der Waals surface area (Å²) < 4.78 is 0. The van der Waals surface area contributed by atoms with Crippen molar-refractivity contribution in [2.45, 2.75) is 28.7 Å². The number of nitrogens with one attached hydrogen (secondary N) is 1. The normalized spacial score (nSPS) is 24.5. The van der Waals surface area contributed by atoms with Gasteiger partial charge in [-0.2, -0.15) is 0 Å². The minimum absolute atomic E-state index is 0.0277. The van der Waals surface area contributed by atoms with Crippen molar-refractivity contribution >= 4 is 34.4 Å². The second-order valence-corrected chi connectivity index (χ2v) is 13.9. The van der Waals surface area contributed by atoms with Crippen molar-refractivity contribution in [1.82, 2.24) is 10.2 Å². The lowest BCUT2D eigenvalue weighted by Gasteiger charge is -2.58. The van der Waals surface area contributed by atoms with Gasteiger partial charge in [-0.25, -0.2) is 0 Å². The Bertz CT molecular complexity index is 2500. The molecule has 2 spiro atoms. The topological polar surface area (TPSA) is 83.6 Å². The third-order valence-electron chi connectivity index (χ3n) is 11.8. The molecule has 4 aliphatic carbocycles. The highest BCUT2D eigenvalue weighted by Gasteiger charge is 2.76. The van der Waals surface area contributed by atoms with Crippen LogP contribution in [0.1, 0.15) is 55.2 Å². The Hall–Kier alpha value is -6.40. The predicted octanol–water partition coefficient (Wildman–Crippen LogP) is 6.86. The Morgan fingerprint density at radius 3 is 1.92 bits per heavy atom. The van der Waals surface area contributed by atoms with Gasteiger partial charge in [0.05, 0.1) is 6.54 Å². The fourth-order valence-electron chi connectivity index (χ4n) is 9.85. The predicted molar refractivity (Wildman–Crippen MR) is 193 cm³/mol. The van der Waals surface area contributed by atoms with E-state index in [0.29, 0.717) is 33.4 Å². The molecule has 6 aromatic carbocycles. The molecule has 0 saturated carbocycles. The fraction of sp³-hybridized carbons (Fsp3) is 0.111. The van der Waals surface area contributed by atoms with Gasteiger partial charge in [0.25, 0.3) is 5.91 Å². The summed E-state index contributed by atoms with van der Waals surface area (Å²) in [4.78, 5) is 62.1. The maximum atomic E-state index is 16.4. The molecule has 0 radical (unpaired) electrons. The average Bonchev–Trinajstić information content (AvgIpc) is 3.37. The number of rotatable bonds is 4. The average molecular weight is 663 g/mol. The Kier molecular flexibility index (Phi) is 5.97. The fourth-order valence-corrected chi connectivity index (χ4v) is 9.85. The van der Waals surface area contributed by atoms with Crippen molar-refractivity contribution in [3.63, 3.8) is 0 Å². The number of carbonyl (C=O) groups excluding carboxylic acids is 4. The van der Waals surface area contributed by atoms with E-state index in [9.17, 15) is 9.59 Å². The molecule has 2 atom stereocenters. The molecule has 1 unspecified atom stereocenters. The van der Waals surface area contributed by atoms with E-state index >= 15 is 9.59 Å². The van der Waals surface area contributed by atoms with Gasteiger partial charge in [0.1, 0.15) is 16.2 Å². The summed E-state index contributed by atoms with van der Waals surface area (Å²) in [6.45, 7) is 0.0277. The maximum absolute atomic E-state index is 16.4. The van der Waals surface area contributed by atoms with Crippen molar-refractivity contribution in [1.29, 1.82) is 0 Å². The molecule has 6 heteroatoms. The SMILES string of the molecule is O=C(c1cccc2ccccc12)N(Cc1ccccc1)C(=O)C12c3ccccc3C3(C(=O)NC(=O)[C@]34C=CC1c1ccccc14)c1ccccc12. The standard InChI is InChI=1S/C45H30N2O4/c48-39(31-19-12-16-29-15-4-5-17-30(29)31)47(27-28-13-2-1-3-14-28)42(51)44-34-25-26-43(33-20-7-6-18-32(33)34)40(49)46-41(50)45(43,37-23-10-8-21-35(37)44)38-24-11-9-22-36(38)44/h1-26,34H,27H2,(H,46,49,50)/t34?,43-,44?,45?/m1/s1. The summed E-state index contributed by atoms with van der Waals surface area (Å²) in [5, 5.41) is 4.39. The number of nitrogens with zero attached hydrogens (tertiary/aromatic N) is 1. The smallest absolute Gasteiger partial charge is 0.261 e. The molecule has 1 heterocycles. The van der Waals surface area contributed by atoms with Crippen LogP contribution >= 0.6 is 0 Å². The third-order valence-corrected chi connectivity index (χ3v) is 11.8. The molecule has 4 amide bonds. The molecule has 6 nitrogen and oxygen atoms in total. The van der Waals surface area contributed by atoms with Crippen LogP contribution in [0.3, 0.4) is 0 Å². The van der Waals surface area contributed by atoms with Crippen LogP contribution in [-0.2, 0) is 37.2 Å². The highest BCUT2D eigenvalue weighted by Crippen LogP contribution is 2.68. The summed E-state index contributed by atoms with van der Waals surface area (Å²) in [6.07, 6.45) is 3.81. The van der Waals surface area contributed by atoms with E-state index in [1.165, 1.54) is 4.90 Å². The number of allylic oxidation sites excluding steroid dienone is 1. The number of carbonyl (C=O) groups is 4. The molecule has 1 saturated heterocycles. The minimum Gasteiger partial charge on any atom is -0.294 e. The van der Waals surface area contributed by atoms with Crippen LogP contribution in [0.4, 0.5) is 0 Å². The molecule has 4 bridgehead atoms. The van der Waals surface area contributed by atoms with Crippen LogP contribution in [0.25, 0.3) is 10.8 Å². The number of imide groups is 2. The maximum Gasteiger partial charge on any atom is 0.261 e. The first kappa shape index (κ1) is 29.5. The first-order valence-corrected chi connectivity index (χ1v) is 17.2. The van der Waals surface area contributed by atoms with Gasteiger partial charge < -0.3 is 0 Å². The van der Waals surface area contributed by atoms with Gasteiger partial charge >= 0.3 is 0 Å². The molecule has 51 heavy (non-hydrogen) atoms. The summed E-state index contributed by atoms with van der Waals surface area (Å²) in [7, 11) is 0. The quantitative estimate of drug-likeness (QED) is 0.165. The van der Waals surface area contributed by atoms with Crippen molar-refractivity contribution in [3.8, 4) is 0 Å². The molecule has 11 rings (SSSR count). The van der Waals surface area contributed by atoms with E-state index in [-0.39, 0.29) is 6.54 Å². The molecule has 1 fully saturated rings. The van der Waals surface area contributed by atoms with E-state index < -0.39 is 45.8 Å². The number of fused-ring (bicyclic) bond motifs is 1. The Labute approximate surface area is 294 Å². The van der Waals surface area contributed by atoms with Crippen molar-refractivity contribution in [2.24, 2.45) is 0 Å². The second-order valence-electron chi connectivity index (χ2n) is 13.9. The van der Waals surface area contributed by atoms with Gasteiger partial charge in [-0.3, -0.25) is 29.4 Å². The van der Waals surface area contributed by atoms with Crippen LogP contribution < -0.4 is 5.32 Å². The van der Waals surface area contributed by atoms with Gasteiger partial charge in [-0.1, -0.05) is 152 Å². The largest absolute Gasteiger partial charge is 0.294 e. The summed E-state index contributed by atoms with van der Waals surface area (Å²) in [5.41, 5.74) is 0.765. The van der Waals surface area contributed by atoms with E-state index in [1.54, 1.807) is 6.07 Å². The lowest BCUT2D eigenvalue weighted by atomic mass is 9.41. The lowest BCUT2D eigenvalue weighted by molar-refractivity contribution is -0.135. The molecule has 1 aliphatic heterocycles. The van der Waals surface area contributed by atoms with Crippen molar-refractivity contribution < 1.29 is 19.2 Å². The van der Waals surface area contributed by atoms with Crippen molar-refractivity contribution in [3.05, 3.63) is 202 Å². The first-order chi connectivity index (χ1) is 25.0. The van der Waals surface area contributed by atoms with Gasteiger partial charge in [-0.05, 0) is 55.8 Å². The molecule has 1 N–H and O–H groups in total. The number of benzene rings is 6. The van der Waals surface area contributed by atoms with Crippen LogP contribution in [0, 0.1) is 0 Å². The highest BCUT2D eigenvalue weighted by atomic mass is 16.2. The first-order valence-electron chi connectivity index (χ1n) is 17.2. The molecular formula is C45H30N2O4. The zero-order chi connectivity index (χ0) is 34.5. The molecule has 5 aliphatic rings. The number of amides is 4. The zero-order valence-corrected chi connectivity index (χ0v) is 27.4. The monoisotopic (exact) mass is 662 g/mol.